The third-order valence-electron chi connectivity index (χ3n) is 5.84. The highest BCUT2D eigenvalue weighted by atomic mass is 19.4. The summed E-state index contributed by atoms with van der Waals surface area (Å²) in [6, 6.07) is 5.27. The van der Waals surface area contributed by atoms with Crippen molar-refractivity contribution in [2.75, 3.05) is 18.5 Å². The number of aryl methyl sites for hydroxylation is 1. The van der Waals surface area contributed by atoms with Crippen LogP contribution >= 0.6 is 0 Å². The molecule has 1 fully saturated rings. The molecule has 3 aromatic rings. The van der Waals surface area contributed by atoms with Crippen LogP contribution in [-0.4, -0.2) is 33.9 Å². The molecular formula is C23H25F3N4O3. The number of pyridine rings is 1. The monoisotopic (exact) mass is 462 g/mol. The van der Waals surface area contributed by atoms with Gasteiger partial charge in [-0.05, 0) is 38.0 Å². The van der Waals surface area contributed by atoms with Gasteiger partial charge in [0.15, 0.2) is 5.88 Å². The van der Waals surface area contributed by atoms with Crippen LogP contribution in [0, 0.1) is 13.8 Å². The summed E-state index contributed by atoms with van der Waals surface area (Å²) >= 11 is 0. The fourth-order valence-electron chi connectivity index (χ4n) is 4.07. The minimum Gasteiger partial charge on any atom is -0.473 e. The van der Waals surface area contributed by atoms with Gasteiger partial charge in [-0.1, -0.05) is 12.1 Å². The van der Waals surface area contributed by atoms with Crippen LogP contribution in [0.5, 0.6) is 5.88 Å². The summed E-state index contributed by atoms with van der Waals surface area (Å²) in [5.41, 5.74) is -0.201. The summed E-state index contributed by atoms with van der Waals surface area (Å²) in [5.74, 6) is 1.07. The van der Waals surface area contributed by atoms with Gasteiger partial charge in [-0.3, -0.25) is 9.36 Å². The standard InChI is InChI=1S/C23H25F3N4O3/c1-12-16(6-5-7-18(12)23(24,25)26)13(2)27-21-17-10-19(33-15-8-9-32-11-15)30(4)22(31)20(17)28-14(3)29-21/h5-7,10,13,15H,8-9,11H2,1-4H3,(H,27,28,29)/t13-,15+/m1/s1. The molecule has 2 aromatic heterocycles. The van der Waals surface area contributed by atoms with E-state index < -0.39 is 17.8 Å². The molecule has 33 heavy (non-hydrogen) atoms. The Kier molecular flexibility index (Phi) is 6.04. The molecule has 1 aromatic carbocycles. The van der Waals surface area contributed by atoms with Gasteiger partial charge >= 0.3 is 6.18 Å². The number of ether oxygens (including phenoxy) is 2. The van der Waals surface area contributed by atoms with Crippen molar-refractivity contribution in [2.45, 2.75) is 45.5 Å². The average Bonchev–Trinajstić information content (AvgIpc) is 3.25. The van der Waals surface area contributed by atoms with E-state index in [4.69, 9.17) is 9.47 Å². The zero-order valence-corrected chi connectivity index (χ0v) is 18.8. The third kappa shape index (κ3) is 4.52. The fourth-order valence-corrected chi connectivity index (χ4v) is 4.07. The Morgan fingerprint density at radius 1 is 1.27 bits per heavy atom. The van der Waals surface area contributed by atoms with Gasteiger partial charge < -0.3 is 14.8 Å². The van der Waals surface area contributed by atoms with Gasteiger partial charge in [-0.2, -0.15) is 13.2 Å². The fraction of sp³-hybridized carbons (Fsp3) is 0.435. The van der Waals surface area contributed by atoms with E-state index in [0.717, 1.165) is 6.07 Å². The van der Waals surface area contributed by atoms with Gasteiger partial charge in [0, 0.05) is 19.5 Å². The van der Waals surface area contributed by atoms with Crippen molar-refractivity contribution < 1.29 is 22.6 Å². The van der Waals surface area contributed by atoms with Crippen molar-refractivity contribution in [1.82, 2.24) is 14.5 Å². The highest BCUT2D eigenvalue weighted by Crippen LogP contribution is 2.35. The molecule has 1 aliphatic rings. The van der Waals surface area contributed by atoms with E-state index in [0.29, 0.717) is 48.1 Å². The molecule has 0 saturated carbocycles. The number of fused-ring (bicyclic) bond motifs is 1. The summed E-state index contributed by atoms with van der Waals surface area (Å²) in [6.45, 7) is 5.89. The maximum atomic E-state index is 13.4. The predicted molar refractivity (Wildman–Crippen MR) is 118 cm³/mol. The first-order valence-corrected chi connectivity index (χ1v) is 10.6. The first-order chi connectivity index (χ1) is 15.6. The molecule has 0 bridgehead atoms. The van der Waals surface area contributed by atoms with Gasteiger partial charge in [0.05, 0.1) is 30.2 Å². The van der Waals surface area contributed by atoms with Crippen molar-refractivity contribution in [3.05, 3.63) is 57.1 Å². The van der Waals surface area contributed by atoms with Crippen LogP contribution in [0.3, 0.4) is 0 Å². The van der Waals surface area contributed by atoms with Crippen molar-refractivity contribution in [3.8, 4) is 5.88 Å². The Morgan fingerprint density at radius 2 is 2.03 bits per heavy atom. The minimum absolute atomic E-state index is 0.140. The highest BCUT2D eigenvalue weighted by Gasteiger charge is 2.33. The summed E-state index contributed by atoms with van der Waals surface area (Å²) in [5, 5.41) is 3.62. The lowest BCUT2D eigenvalue weighted by Gasteiger charge is -2.21. The lowest BCUT2D eigenvalue weighted by atomic mass is 9.97. The van der Waals surface area contributed by atoms with Crippen molar-refractivity contribution >= 4 is 16.7 Å². The third-order valence-corrected chi connectivity index (χ3v) is 5.84. The number of benzene rings is 1. The molecule has 0 unspecified atom stereocenters. The second-order valence-electron chi connectivity index (χ2n) is 8.22. The molecular weight excluding hydrogens is 437 g/mol. The average molecular weight is 462 g/mol. The van der Waals surface area contributed by atoms with Gasteiger partial charge in [-0.15, -0.1) is 0 Å². The van der Waals surface area contributed by atoms with E-state index in [1.807, 2.05) is 0 Å². The van der Waals surface area contributed by atoms with Crippen LogP contribution in [-0.2, 0) is 18.0 Å². The normalized spacial score (nSPS) is 17.4. The summed E-state index contributed by atoms with van der Waals surface area (Å²) in [6.07, 6.45) is -3.89. The second-order valence-corrected chi connectivity index (χ2v) is 8.22. The van der Waals surface area contributed by atoms with Gasteiger partial charge in [0.25, 0.3) is 5.56 Å². The molecule has 0 radical (unpaired) electrons. The topological polar surface area (TPSA) is 78.3 Å². The Morgan fingerprint density at radius 3 is 2.70 bits per heavy atom. The van der Waals surface area contributed by atoms with E-state index >= 15 is 0 Å². The van der Waals surface area contributed by atoms with Gasteiger partial charge in [0.2, 0.25) is 0 Å². The van der Waals surface area contributed by atoms with Gasteiger partial charge in [-0.25, -0.2) is 9.97 Å². The maximum absolute atomic E-state index is 13.4. The smallest absolute Gasteiger partial charge is 0.416 e. The molecule has 176 valence electrons. The lowest BCUT2D eigenvalue weighted by Crippen LogP contribution is -2.25. The van der Waals surface area contributed by atoms with Crippen LogP contribution in [0.4, 0.5) is 19.0 Å². The maximum Gasteiger partial charge on any atom is 0.416 e. The summed E-state index contributed by atoms with van der Waals surface area (Å²) in [4.78, 5) is 21.7. The first-order valence-electron chi connectivity index (χ1n) is 10.6. The SMILES string of the molecule is Cc1nc(N[C@H](C)c2cccc(C(F)(F)F)c2C)c2cc(O[C@H]3CCOC3)n(C)c(=O)c2n1. The van der Waals surface area contributed by atoms with E-state index in [1.54, 1.807) is 33.0 Å². The zero-order chi connectivity index (χ0) is 23.9. The number of alkyl halides is 3. The molecule has 4 rings (SSSR count). The van der Waals surface area contributed by atoms with Crippen molar-refractivity contribution in [1.29, 1.82) is 0 Å². The number of nitrogens with one attached hydrogen (secondary N) is 1. The molecule has 0 amide bonds. The highest BCUT2D eigenvalue weighted by molar-refractivity contribution is 5.89. The van der Waals surface area contributed by atoms with Crippen LogP contribution < -0.4 is 15.6 Å². The number of aromatic nitrogens is 3. The van der Waals surface area contributed by atoms with Crippen LogP contribution in [0.1, 0.15) is 41.9 Å². The number of anilines is 1. The predicted octanol–water partition coefficient (Wildman–Crippen LogP) is 4.30. The largest absolute Gasteiger partial charge is 0.473 e. The number of nitrogens with zero attached hydrogens (tertiary/aromatic N) is 3. The Hall–Kier alpha value is -3.14. The summed E-state index contributed by atoms with van der Waals surface area (Å²) in [7, 11) is 1.60. The summed E-state index contributed by atoms with van der Waals surface area (Å²) < 4.78 is 52.8. The molecule has 3 heterocycles. The molecule has 1 saturated heterocycles. The molecule has 2 atom stereocenters. The van der Waals surface area contributed by atoms with E-state index in [2.05, 4.69) is 15.3 Å². The van der Waals surface area contributed by atoms with Crippen LogP contribution in [0.25, 0.3) is 10.9 Å². The second kappa shape index (κ2) is 8.66. The number of hydrogen-bond donors (Lipinski definition) is 1. The molecule has 0 spiro atoms. The number of hydrogen-bond acceptors (Lipinski definition) is 6. The number of halogens is 3. The molecule has 0 aliphatic carbocycles. The van der Waals surface area contributed by atoms with Gasteiger partial charge in [0.1, 0.15) is 23.3 Å². The van der Waals surface area contributed by atoms with Crippen molar-refractivity contribution in [3.63, 3.8) is 0 Å². The van der Waals surface area contributed by atoms with E-state index in [9.17, 15) is 18.0 Å². The molecule has 1 N–H and O–H groups in total. The quantitative estimate of drug-likeness (QED) is 0.609. The van der Waals surface area contributed by atoms with Crippen LogP contribution in [0.2, 0.25) is 0 Å². The van der Waals surface area contributed by atoms with E-state index in [1.165, 1.54) is 17.6 Å². The number of rotatable bonds is 5. The molecule has 1 aliphatic heterocycles. The van der Waals surface area contributed by atoms with Crippen molar-refractivity contribution in [2.24, 2.45) is 7.05 Å². The molecule has 10 heteroatoms. The minimum atomic E-state index is -4.44. The Balaban J connectivity index is 1.76. The first kappa shape index (κ1) is 23.0. The Labute approximate surface area is 188 Å². The molecule has 7 nitrogen and oxygen atoms in total. The zero-order valence-electron chi connectivity index (χ0n) is 18.8. The lowest BCUT2D eigenvalue weighted by molar-refractivity contribution is -0.138. The van der Waals surface area contributed by atoms with Crippen LogP contribution in [0.15, 0.2) is 29.1 Å². The van der Waals surface area contributed by atoms with E-state index in [-0.39, 0.29) is 22.7 Å². The Bertz CT molecular complexity index is 1250.